The second kappa shape index (κ2) is 5.79. The van der Waals surface area contributed by atoms with E-state index in [1.165, 1.54) is 0 Å². The molecule has 5 nitrogen and oxygen atoms in total. The van der Waals surface area contributed by atoms with Crippen molar-refractivity contribution in [2.24, 2.45) is 0 Å². The smallest absolute Gasteiger partial charge is 0.260 e. The molecule has 0 aliphatic carbocycles. The monoisotopic (exact) mass is 439 g/mol. The lowest BCUT2D eigenvalue weighted by Crippen LogP contribution is -2.11. The molecule has 0 bridgehead atoms. The fourth-order valence-corrected chi connectivity index (χ4v) is 4.13. The molecule has 0 amide bonds. The Kier molecular flexibility index (Phi) is 4.10. The van der Waals surface area contributed by atoms with Gasteiger partial charge in [-0.1, -0.05) is 15.9 Å². The highest BCUT2D eigenvalue weighted by Crippen LogP contribution is 2.38. The Hall–Kier alpha value is -1.60. The van der Waals surface area contributed by atoms with E-state index in [1.807, 2.05) is 30.5 Å². The van der Waals surface area contributed by atoms with Crippen LogP contribution in [0.2, 0.25) is 0 Å². The van der Waals surface area contributed by atoms with Crippen molar-refractivity contribution in [3.05, 3.63) is 48.5 Å². The molecule has 0 atom stereocenters. The van der Waals surface area contributed by atoms with E-state index in [9.17, 15) is 4.79 Å². The van der Waals surface area contributed by atoms with Gasteiger partial charge in [-0.05, 0) is 54.4 Å². The van der Waals surface area contributed by atoms with Crippen LogP contribution in [-0.2, 0) is 0 Å². The molecule has 0 aliphatic heterocycles. The van der Waals surface area contributed by atoms with Crippen LogP contribution in [0.1, 0.15) is 17.1 Å². The first kappa shape index (κ1) is 16.3. The third-order valence-electron chi connectivity index (χ3n) is 3.92. The maximum atomic E-state index is 12.4. The highest BCUT2D eigenvalue weighted by molar-refractivity contribution is 9.11. The maximum absolute atomic E-state index is 12.4. The summed E-state index contributed by atoms with van der Waals surface area (Å²) < 4.78 is 9.25. The van der Waals surface area contributed by atoms with Crippen LogP contribution >= 0.6 is 31.9 Å². The molecule has 0 radical (unpaired) electrons. The first-order valence-electron chi connectivity index (χ1n) is 6.97. The number of halogens is 2. The zero-order chi connectivity index (χ0) is 16.9. The van der Waals surface area contributed by atoms with Crippen molar-refractivity contribution in [2.45, 2.75) is 20.8 Å². The molecule has 1 aromatic carbocycles. The number of hydrogen-bond acceptors (Lipinski definition) is 3. The third kappa shape index (κ3) is 2.52. The summed E-state index contributed by atoms with van der Waals surface area (Å²) in [4.78, 5) is 19.7. The Labute approximate surface area is 149 Å². The van der Waals surface area contributed by atoms with Crippen LogP contribution in [0.4, 0.5) is 0 Å². The number of aryl methyl sites for hydroxylation is 2. The zero-order valence-electron chi connectivity index (χ0n) is 13.1. The van der Waals surface area contributed by atoms with Gasteiger partial charge in [0.25, 0.3) is 5.56 Å². The largest absolute Gasteiger partial charge is 0.494 e. The van der Waals surface area contributed by atoms with Crippen LogP contribution in [0.15, 0.2) is 25.9 Å². The van der Waals surface area contributed by atoms with Gasteiger partial charge in [-0.15, -0.1) is 0 Å². The Morgan fingerprint density at radius 1 is 1.22 bits per heavy atom. The summed E-state index contributed by atoms with van der Waals surface area (Å²) in [5.41, 5.74) is 3.18. The van der Waals surface area contributed by atoms with Crippen molar-refractivity contribution in [3.8, 4) is 11.4 Å². The van der Waals surface area contributed by atoms with E-state index in [-0.39, 0.29) is 5.56 Å². The van der Waals surface area contributed by atoms with Gasteiger partial charge < -0.3 is 9.72 Å². The van der Waals surface area contributed by atoms with Crippen molar-refractivity contribution in [1.29, 1.82) is 0 Å². The van der Waals surface area contributed by atoms with Gasteiger partial charge >= 0.3 is 0 Å². The lowest BCUT2D eigenvalue weighted by atomic mass is 10.2. The lowest BCUT2D eigenvalue weighted by molar-refractivity contribution is 0.412. The minimum atomic E-state index is -0.126. The van der Waals surface area contributed by atoms with Crippen LogP contribution in [0.25, 0.3) is 16.7 Å². The minimum absolute atomic E-state index is 0.126. The third-order valence-corrected chi connectivity index (χ3v) is 4.98. The SMILES string of the molecule is COc1cc(Br)cc(Br)c1-n1c(C)c(C)c2c(=O)[nH]c(C)nc21. The number of methoxy groups -OCH3 is 1. The van der Waals surface area contributed by atoms with Crippen molar-refractivity contribution < 1.29 is 4.74 Å². The molecular weight excluding hydrogens is 426 g/mol. The van der Waals surface area contributed by atoms with Gasteiger partial charge in [-0.25, -0.2) is 4.98 Å². The van der Waals surface area contributed by atoms with Gasteiger partial charge in [0, 0.05) is 14.6 Å². The maximum Gasteiger partial charge on any atom is 0.260 e. The van der Waals surface area contributed by atoms with Gasteiger partial charge in [-0.3, -0.25) is 9.36 Å². The van der Waals surface area contributed by atoms with E-state index >= 15 is 0 Å². The standard InChI is InChI=1S/C16H15Br2N3O2/c1-7-8(2)21(15-13(7)16(22)20-9(3)19-15)14-11(18)5-10(17)6-12(14)23-4/h5-6H,1-4H3,(H,19,20,22). The molecule has 120 valence electrons. The number of aromatic nitrogens is 3. The molecule has 0 aliphatic rings. The molecule has 2 heterocycles. The molecule has 3 aromatic rings. The Morgan fingerprint density at radius 3 is 2.57 bits per heavy atom. The molecule has 23 heavy (non-hydrogen) atoms. The summed E-state index contributed by atoms with van der Waals surface area (Å²) in [6.07, 6.45) is 0. The van der Waals surface area contributed by atoms with E-state index in [1.54, 1.807) is 14.0 Å². The van der Waals surface area contributed by atoms with Gasteiger partial charge in [0.15, 0.2) is 5.65 Å². The number of ether oxygens (including phenoxy) is 1. The first-order valence-corrected chi connectivity index (χ1v) is 8.55. The van der Waals surface area contributed by atoms with Crippen LogP contribution in [0, 0.1) is 20.8 Å². The second-order valence-electron chi connectivity index (χ2n) is 5.33. The van der Waals surface area contributed by atoms with Gasteiger partial charge in [0.05, 0.1) is 12.5 Å². The molecule has 0 saturated heterocycles. The minimum Gasteiger partial charge on any atom is -0.494 e. The lowest BCUT2D eigenvalue weighted by Gasteiger charge is -2.15. The van der Waals surface area contributed by atoms with Crippen molar-refractivity contribution in [1.82, 2.24) is 14.5 Å². The van der Waals surface area contributed by atoms with E-state index in [2.05, 4.69) is 41.8 Å². The number of benzene rings is 1. The number of rotatable bonds is 2. The summed E-state index contributed by atoms with van der Waals surface area (Å²) in [5.74, 6) is 1.26. The first-order chi connectivity index (χ1) is 10.8. The number of fused-ring (bicyclic) bond motifs is 1. The summed E-state index contributed by atoms with van der Waals surface area (Å²) in [7, 11) is 1.62. The number of aromatic amines is 1. The summed E-state index contributed by atoms with van der Waals surface area (Å²) in [5, 5.41) is 0.602. The highest BCUT2D eigenvalue weighted by atomic mass is 79.9. The Morgan fingerprint density at radius 2 is 1.91 bits per heavy atom. The summed E-state index contributed by atoms with van der Waals surface area (Å²) in [6, 6.07) is 3.83. The number of nitrogens with one attached hydrogen (secondary N) is 1. The Bertz CT molecular complexity index is 989. The van der Waals surface area contributed by atoms with Gasteiger partial charge in [0.1, 0.15) is 17.3 Å². The number of nitrogens with zero attached hydrogens (tertiary/aromatic N) is 2. The fourth-order valence-electron chi connectivity index (χ4n) is 2.77. The molecule has 3 rings (SSSR count). The van der Waals surface area contributed by atoms with Crippen molar-refractivity contribution in [3.63, 3.8) is 0 Å². The summed E-state index contributed by atoms with van der Waals surface area (Å²) >= 11 is 7.06. The molecule has 7 heteroatoms. The molecule has 1 N–H and O–H groups in total. The van der Waals surface area contributed by atoms with Crippen molar-refractivity contribution in [2.75, 3.05) is 7.11 Å². The molecule has 0 unspecified atom stereocenters. The number of H-pyrrole nitrogens is 1. The van der Waals surface area contributed by atoms with Gasteiger partial charge in [-0.2, -0.15) is 0 Å². The van der Waals surface area contributed by atoms with E-state index in [4.69, 9.17) is 4.74 Å². The van der Waals surface area contributed by atoms with Crippen LogP contribution in [-0.4, -0.2) is 21.6 Å². The number of hydrogen-bond donors (Lipinski definition) is 1. The predicted octanol–water partition coefficient (Wildman–Crippen LogP) is 4.17. The highest BCUT2D eigenvalue weighted by Gasteiger charge is 2.21. The molecule has 2 aromatic heterocycles. The normalized spacial score (nSPS) is 11.2. The predicted molar refractivity (Wildman–Crippen MR) is 97.9 cm³/mol. The van der Waals surface area contributed by atoms with E-state index in [0.717, 1.165) is 25.9 Å². The average molecular weight is 441 g/mol. The van der Waals surface area contributed by atoms with E-state index in [0.29, 0.717) is 22.6 Å². The molecule has 0 spiro atoms. The molecule has 0 saturated carbocycles. The quantitative estimate of drug-likeness (QED) is 0.650. The van der Waals surface area contributed by atoms with Crippen molar-refractivity contribution >= 4 is 42.9 Å². The van der Waals surface area contributed by atoms with Crippen LogP contribution in [0.5, 0.6) is 5.75 Å². The average Bonchev–Trinajstić information content (AvgIpc) is 2.70. The fraction of sp³-hybridized carbons (Fsp3) is 0.250. The summed E-state index contributed by atoms with van der Waals surface area (Å²) in [6.45, 7) is 5.68. The van der Waals surface area contributed by atoms with Gasteiger partial charge in [0.2, 0.25) is 0 Å². The van der Waals surface area contributed by atoms with Crippen LogP contribution < -0.4 is 10.3 Å². The molecular formula is C16H15Br2N3O2. The molecule has 0 fully saturated rings. The Balaban J connectivity index is 2.52. The van der Waals surface area contributed by atoms with Crippen LogP contribution in [0.3, 0.4) is 0 Å². The zero-order valence-corrected chi connectivity index (χ0v) is 16.3. The topological polar surface area (TPSA) is 59.9 Å². The second-order valence-corrected chi connectivity index (χ2v) is 7.10. The van der Waals surface area contributed by atoms with E-state index < -0.39 is 0 Å².